The first-order chi connectivity index (χ1) is 24.3. The number of carbonyl (C=O) groups is 2. The van der Waals surface area contributed by atoms with Crippen molar-refractivity contribution in [2.24, 2.45) is 0 Å². The third kappa shape index (κ3) is 39.6. The Labute approximate surface area is 307 Å². The summed E-state index contributed by atoms with van der Waals surface area (Å²) in [5, 5.41) is 0. The summed E-state index contributed by atoms with van der Waals surface area (Å²) in [5.74, 6) is -0.899. The van der Waals surface area contributed by atoms with Crippen LogP contribution in [0.25, 0.3) is 0 Å². The normalized spacial score (nSPS) is 12.5. The number of ether oxygens (including phenoxy) is 2. The van der Waals surface area contributed by atoms with Gasteiger partial charge < -0.3 is 19.3 Å². The van der Waals surface area contributed by atoms with Crippen LogP contribution in [0, 0.1) is 0 Å². The largest absolute Gasteiger partial charge is 0.469 e. The van der Waals surface area contributed by atoms with E-state index in [-0.39, 0.29) is 19.4 Å². The van der Waals surface area contributed by atoms with Crippen molar-refractivity contribution in [2.75, 3.05) is 13.2 Å². The molecule has 50 heavy (non-hydrogen) atoms. The fraction of sp³-hybridized carbons (Fsp3) is 0.902. The molecule has 0 aromatic carbocycles. The monoisotopic (exact) mass is 731 g/mol. The van der Waals surface area contributed by atoms with Gasteiger partial charge in [0, 0.05) is 12.8 Å². The first-order valence-corrected chi connectivity index (χ1v) is 22.5. The summed E-state index contributed by atoms with van der Waals surface area (Å²) < 4.78 is 26.4. The quantitative estimate of drug-likeness (QED) is 0.0278. The van der Waals surface area contributed by atoms with Crippen LogP contribution in [0.4, 0.5) is 0 Å². The van der Waals surface area contributed by atoms with Gasteiger partial charge in [-0.05, 0) is 38.5 Å². The molecule has 0 spiro atoms. The van der Waals surface area contributed by atoms with E-state index in [0.29, 0.717) is 6.42 Å². The molecular weight excluding hydrogens is 651 g/mol. The molecule has 0 unspecified atom stereocenters. The third-order valence-electron chi connectivity index (χ3n) is 9.28. The van der Waals surface area contributed by atoms with Gasteiger partial charge in [0.2, 0.25) is 0 Å². The van der Waals surface area contributed by atoms with Crippen LogP contribution in [0.1, 0.15) is 219 Å². The number of hydrogen-bond acceptors (Lipinski definition) is 6. The first-order valence-electron chi connectivity index (χ1n) is 21.0. The summed E-state index contributed by atoms with van der Waals surface area (Å²) in [6.45, 7) is 3.69. The van der Waals surface area contributed by atoms with Gasteiger partial charge in [0.1, 0.15) is 6.61 Å². The molecular formula is C41H79O8P. The lowest BCUT2D eigenvalue weighted by molar-refractivity contribution is -0.161. The second kappa shape index (κ2) is 37.5. The van der Waals surface area contributed by atoms with Crippen LogP contribution in [-0.2, 0) is 28.2 Å². The molecule has 9 heteroatoms. The van der Waals surface area contributed by atoms with Crippen LogP contribution >= 0.6 is 7.82 Å². The molecule has 296 valence electrons. The standard InChI is InChI=1S/C41H79O8P/c1-3-5-7-9-11-13-15-17-19-20-22-23-25-27-29-31-33-35-40(42)47-37-39(38-48-50(44,45)46)49-41(43)36-34-32-30-28-26-24-21-18-16-14-12-10-8-6-4-2/h26,28,39H,3-25,27,29-38H2,1-2H3,(H2,44,45,46)/b28-26+/t39-/m1/s1. The number of allylic oxidation sites excluding steroid dienone is 2. The van der Waals surface area contributed by atoms with E-state index in [1.165, 1.54) is 148 Å². The Bertz CT molecular complexity index is 827. The van der Waals surface area contributed by atoms with Gasteiger partial charge in [0.25, 0.3) is 0 Å². The van der Waals surface area contributed by atoms with Crippen LogP contribution in [-0.4, -0.2) is 41.0 Å². The first kappa shape index (κ1) is 48.8. The molecule has 0 heterocycles. The molecule has 0 fully saturated rings. The number of carbonyl (C=O) groups excluding carboxylic acids is 2. The second-order valence-electron chi connectivity index (χ2n) is 14.3. The molecule has 2 N–H and O–H groups in total. The van der Waals surface area contributed by atoms with Gasteiger partial charge >= 0.3 is 19.8 Å². The molecule has 0 bridgehead atoms. The lowest BCUT2D eigenvalue weighted by atomic mass is 10.0. The van der Waals surface area contributed by atoms with E-state index in [4.69, 9.17) is 19.3 Å². The zero-order chi connectivity index (χ0) is 36.8. The van der Waals surface area contributed by atoms with Crippen LogP contribution in [0.15, 0.2) is 12.2 Å². The second-order valence-corrected chi connectivity index (χ2v) is 15.6. The average molecular weight is 731 g/mol. The summed E-state index contributed by atoms with van der Waals surface area (Å²) in [6.07, 6.45) is 40.8. The van der Waals surface area contributed by atoms with Gasteiger partial charge in [-0.15, -0.1) is 0 Å². The summed E-state index contributed by atoms with van der Waals surface area (Å²) >= 11 is 0. The van der Waals surface area contributed by atoms with Crippen LogP contribution in [0.5, 0.6) is 0 Å². The van der Waals surface area contributed by atoms with Crippen molar-refractivity contribution >= 4 is 19.8 Å². The Morgan fingerprint density at radius 1 is 0.500 bits per heavy atom. The van der Waals surface area contributed by atoms with E-state index < -0.39 is 32.5 Å². The fourth-order valence-electron chi connectivity index (χ4n) is 6.13. The lowest BCUT2D eigenvalue weighted by Gasteiger charge is -2.18. The Balaban J connectivity index is 3.90. The highest BCUT2D eigenvalue weighted by atomic mass is 31.2. The van der Waals surface area contributed by atoms with Crippen molar-refractivity contribution in [1.82, 2.24) is 0 Å². The number of esters is 2. The molecule has 0 aliphatic heterocycles. The van der Waals surface area contributed by atoms with Gasteiger partial charge in [-0.2, -0.15) is 0 Å². The fourth-order valence-corrected chi connectivity index (χ4v) is 6.49. The van der Waals surface area contributed by atoms with Crippen molar-refractivity contribution in [1.29, 1.82) is 0 Å². The zero-order valence-corrected chi connectivity index (χ0v) is 33.5. The van der Waals surface area contributed by atoms with Crippen molar-refractivity contribution in [3.8, 4) is 0 Å². The number of unbranched alkanes of at least 4 members (excludes halogenated alkanes) is 27. The minimum Gasteiger partial charge on any atom is -0.462 e. The molecule has 0 aliphatic carbocycles. The highest BCUT2D eigenvalue weighted by molar-refractivity contribution is 7.46. The number of rotatable bonds is 39. The molecule has 8 nitrogen and oxygen atoms in total. The Morgan fingerprint density at radius 2 is 0.840 bits per heavy atom. The highest BCUT2D eigenvalue weighted by Crippen LogP contribution is 2.36. The van der Waals surface area contributed by atoms with E-state index in [1.54, 1.807) is 0 Å². The summed E-state index contributed by atoms with van der Waals surface area (Å²) in [7, 11) is -4.75. The maximum atomic E-state index is 12.4. The Morgan fingerprint density at radius 3 is 1.26 bits per heavy atom. The van der Waals surface area contributed by atoms with Crippen molar-refractivity contribution < 1.29 is 37.9 Å². The molecule has 0 aromatic heterocycles. The maximum absolute atomic E-state index is 12.4. The molecule has 0 amide bonds. The van der Waals surface area contributed by atoms with Gasteiger partial charge in [-0.1, -0.05) is 180 Å². The van der Waals surface area contributed by atoms with Crippen molar-refractivity contribution in [3.63, 3.8) is 0 Å². The van der Waals surface area contributed by atoms with E-state index in [2.05, 4.69) is 30.5 Å². The summed E-state index contributed by atoms with van der Waals surface area (Å²) in [4.78, 5) is 42.8. The average Bonchev–Trinajstić information content (AvgIpc) is 3.08. The zero-order valence-electron chi connectivity index (χ0n) is 32.6. The summed E-state index contributed by atoms with van der Waals surface area (Å²) in [6, 6.07) is 0. The molecule has 0 saturated carbocycles. The Kier molecular flexibility index (Phi) is 36.6. The minimum atomic E-state index is -4.75. The molecule has 0 rings (SSSR count). The van der Waals surface area contributed by atoms with Gasteiger partial charge in [0.15, 0.2) is 6.10 Å². The molecule has 0 radical (unpaired) electrons. The molecule has 1 atom stereocenters. The minimum absolute atomic E-state index is 0.186. The van der Waals surface area contributed by atoms with E-state index in [0.717, 1.165) is 38.5 Å². The van der Waals surface area contributed by atoms with Crippen LogP contribution in [0.3, 0.4) is 0 Å². The van der Waals surface area contributed by atoms with E-state index in [1.807, 2.05) is 0 Å². The molecule has 0 aliphatic rings. The summed E-state index contributed by atoms with van der Waals surface area (Å²) in [5.41, 5.74) is 0. The van der Waals surface area contributed by atoms with Crippen molar-refractivity contribution in [2.45, 2.75) is 225 Å². The third-order valence-corrected chi connectivity index (χ3v) is 9.77. The van der Waals surface area contributed by atoms with Gasteiger partial charge in [-0.3, -0.25) is 14.1 Å². The number of phosphoric ester groups is 1. The SMILES string of the molecule is CCCCCCCCCCC/C=C/CCCCC(=O)O[C@H](COC(=O)CCCCCCCCCCCCCCCCCCC)COP(=O)(O)O. The molecule has 0 saturated heterocycles. The lowest BCUT2D eigenvalue weighted by Crippen LogP contribution is -2.29. The van der Waals surface area contributed by atoms with Crippen LogP contribution in [0.2, 0.25) is 0 Å². The maximum Gasteiger partial charge on any atom is 0.469 e. The predicted octanol–water partition coefficient (Wildman–Crippen LogP) is 12.6. The predicted molar refractivity (Wildman–Crippen MR) is 207 cm³/mol. The number of phosphoric acid groups is 1. The van der Waals surface area contributed by atoms with Crippen molar-refractivity contribution in [3.05, 3.63) is 12.2 Å². The number of hydrogen-bond donors (Lipinski definition) is 2. The highest BCUT2D eigenvalue weighted by Gasteiger charge is 2.22. The van der Waals surface area contributed by atoms with Crippen LogP contribution < -0.4 is 0 Å². The molecule has 0 aromatic rings. The Hall–Kier alpha value is -1.21. The topological polar surface area (TPSA) is 119 Å². The van der Waals surface area contributed by atoms with E-state index in [9.17, 15) is 14.2 Å². The smallest absolute Gasteiger partial charge is 0.462 e. The van der Waals surface area contributed by atoms with E-state index >= 15 is 0 Å². The van der Waals surface area contributed by atoms with Gasteiger partial charge in [-0.25, -0.2) is 4.57 Å². The van der Waals surface area contributed by atoms with Gasteiger partial charge in [0.05, 0.1) is 6.61 Å².